The first-order valence-electron chi connectivity index (χ1n) is 9.78. The monoisotopic (exact) mass is 417 g/mol. The second-order valence-corrected chi connectivity index (χ2v) is 8.27. The predicted octanol–water partition coefficient (Wildman–Crippen LogP) is 4.40. The lowest BCUT2D eigenvalue weighted by Gasteiger charge is -2.15. The number of carbonyl (C=O) groups excluding carboxylic acids is 1. The molecule has 152 valence electrons. The molecule has 6 nitrogen and oxygen atoms in total. The van der Waals surface area contributed by atoms with Gasteiger partial charge in [0.1, 0.15) is 0 Å². The van der Waals surface area contributed by atoms with Crippen molar-refractivity contribution in [3.63, 3.8) is 0 Å². The van der Waals surface area contributed by atoms with Crippen LogP contribution in [-0.4, -0.2) is 31.9 Å². The van der Waals surface area contributed by atoms with E-state index in [0.717, 1.165) is 16.6 Å². The van der Waals surface area contributed by atoms with Crippen molar-refractivity contribution in [1.29, 1.82) is 0 Å². The number of benzene rings is 3. The summed E-state index contributed by atoms with van der Waals surface area (Å²) < 4.78 is 1.66. The van der Waals surface area contributed by atoms with Crippen molar-refractivity contribution in [2.24, 2.45) is 0 Å². The van der Waals surface area contributed by atoms with E-state index in [0.29, 0.717) is 5.16 Å². The van der Waals surface area contributed by atoms with Crippen molar-refractivity contribution in [2.45, 2.75) is 32.0 Å². The summed E-state index contributed by atoms with van der Waals surface area (Å²) in [6, 6.07) is 20.4. The van der Waals surface area contributed by atoms with Crippen molar-refractivity contribution in [3.05, 3.63) is 77.4 Å². The Morgan fingerprint density at radius 3 is 2.63 bits per heavy atom. The molecule has 0 aliphatic heterocycles. The fraction of sp³-hybridized carbons (Fsp3) is 0.217. The van der Waals surface area contributed by atoms with Gasteiger partial charge in [0.05, 0.1) is 17.5 Å². The van der Waals surface area contributed by atoms with Gasteiger partial charge in [-0.25, -0.2) is 0 Å². The van der Waals surface area contributed by atoms with Gasteiger partial charge in [0.15, 0.2) is 0 Å². The highest BCUT2D eigenvalue weighted by Crippen LogP contribution is 2.22. The molecule has 30 heavy (non-hydrogen) atoms. The van der Waals surface area contributed by atoms with Gasteiger partial charge in [-0.1, -0.05) is 54.2 Å². The van der Waals surface area contributed by atoms with E-state index in [1.165, 1.54) is 28.3 Å². The lowest BCUT2D eigenvalue weighted by atomic mass is 10.0. The summed E-state index contributed by atoms with van der Waals surface area (Å²) in [4.78, 5) is 12.5. The maximum atomic E-state index is 12.5. The molecule has 0 aliphatic carbocycles. The number of aromatic nitrogens is 4. The summed E-state index contributed by atoms with van der Waals surface area (Å²) in [7, 11) is 0. The maximum Gasteiger partial charge on any atom is 0.230 e. The van der Waals surface area contributed by atoms with Gasteiger partial charge in [0.25, 0.3) is 0 Å². The van der Waals surface area contributed by atoms with E-state index in [4.69, 9.17) is 0 Å². The molecule has 0 bridgehead atoms. The minimum absolute atomic E-state index is 0.0599. The van der Waals surface area contributed by atoms with Crippen LogP contribution in [0.4, 0.5) is 0 Å². The Kier molecular flexibility index (Phi) is 5.81. The molecule has 0 fully saturated rings. The summed E-state index contributed by atoms with van der Waals surface area (Å²) in [5, 5.41) is 17.9. The van der Waals surface area contributed by atoms with E-state index < -0.39 is 0 Å². The van der Waals surface area contributed by atoms with Gasteiger partial charge in [0.2, 0.25) is 11.1 Å². The van der Waals surface area contributed by atoms with Crippen LogP contribution >= 0.6 is 11.8 Å². The molecule has 1 aromatic heterocycles. The van der Waals surface area contributed by atoms with E-state index in [1.807, 2.05) is 37.3 Å². The lowest BCUT2D eigenvalue weighted by Crippen LogP contribution is -2.28. The normalized spacial score (nSPS) is 12.1. The number of rotatable bonds is 6. The second kappa shape index (κ2) is 8.67. The van der Waals surface area contributed by atoms with Crippen LogP contribution in [0.2, 0.25) is 0 Å². The van der Waals surface area contributed by atoms with Crippen molar-refractivity contribution >= 4 is 28.4 Å². The summed E-state index contributed by atoms with van der Waals surface area (Å²) in [6.07, 6.45) is 0. The second-order valence-electron chi connectivity index (χ2n) is 7.33. The predicted molar refractivity (Wildman–Crippen MR) is 120 cm³/mol. The molecule has 0 saturated heterocycles. The first kappa shape index (κ1) is 20.1. The zero-order valence-corrected chi connectivity index (χ0v) is 18.0. The van der Waals surface area contributed by atoms with E-state index >= 15 is 0 Å². The Morgan fingerprint density at radius 1 is 1.03 bits per heavy atom. The summed E-state index contributed by atoms with van der Waals surface area (Å²) in [5.41, 5.74) is 4.34. The van der Waals surface area contributed by atoms with Crippen molar-refractivity contribution in [1.82, 2.24) is 25.5 Å². The first-order valence-corrected chi connectivity index (χ1v) is 10.8. The third kappa shape index (κ3) is 4.36. The third-order valence-electron chi connectivity index (χ3n) is 5.16. The molecule has 4 aromatic rings. The summed E-state index contributed by atoms with van der Waals surface area (Å²) >= 11 is 1.32. The molecule has 1 heterocycles. The van der Waals surface area contributed by atoms with Crippen molar-refractivity contribution in [3.8, 4) is 5.69 Å². The zero-order valence-electron chi connectivity index (χ0n) is 17.2. The Hall–Kier alpha value is -3.19. The molecule has 0 spiro atoms. The number of nitrogens with zero attached hydrogens (tertiary/aromatic N) is 4. The molecule has 7 heteroatoms. The fourth-order valence-corrected chi connectivity index (χ4v) is 3.96. The molecule has 0 radical (unpaired) electrons. The molecule has 1 unspecified atom stereocenters. The van der Waals surface area contributed by atoms with Crippen LogP contribution in [0.15, 0.2) is 65.8 Å². The van der Waals surface area contributed by atoms with Crippen LogP contribution < -0.4 is 5.32 Å². The number of fused-ring (bicyclic) bond motifs is 1. The van der Waals surface area contributed by atoms with Crippen LogP contribution in [0.3, 0.4) is 0 Å². The van der Waals surface area contributed by atoms with Gasteiger partial charge in [-0.05, 0) is 76.9 Å². The molecule has 1 N–H and O–H groups in total. The van der Waals surface area contributed by atoms with E-state index in [9.17, 15) is 4.79 Å². The zero-order chi connectivity index (χ0) is 21.1. The number of amides is 1. The number of nitrogens with one attached hydrogen (secondary N) is 1. The maximum absolute atomic E-state index is 12.5. The van der Waals surface area contributed by atoms with E-state index in [-0.39, 0.29) is 17.7 Å². The molecular formula is C23H23N5OS. The Morgan fingerprint density at radius 2 is 1.83 bits per heavy atom. The minimum Gasteiger partial charge on any atom is -0.349 e. The molecule has 0 saturated carbocycles. The van der Waals surface area contributed by atoms with E-state index in [1.54, 1.807) is 4.68 Å². The number of hydrogen-bond donors (Lipinski definition) is 1. The van der Waals surface area contributed by atoms with Gasteiger partial charge in [-0.3, -0.25) is 4.79 Å². The number of hydrogen-bond acceptors (Lipinski definition) is 5. The molecule has 3 aromatic carbocycles. The molecular weight excluding hydrogens is 394 g/mol. The minimum atomic E-state index is -0.0848. The smallest absolute Gasteiger partial charge is 0.230 e. The van der Waals surface area contributed by atoms with Gasteiger partial charge < -0.3 is 5.32 Å². The van der Waals surface area contributed by atoms with Crippen molar-refractivity contribution in [2.75, 3.05) is 5.75 Å². The van der Waals surface area contributed by atoms with Crippen LogP contribution in [0, 0.1) is 13.8 Å². The van der Waals surface area contributed by atoms with E-state index in [2.05, 4.69) is 65.0 Å². The number of tetrazole rings is 1. The third-order valence-corrected chi connectivity index (χ3v) is 6.08. The number of aryl methyl sites for hydroxylation is 2. The van der Waals surface area contributed by atoms with Gasteiger partial charge >= 0.3 is 0 Å². The van der Waals surface area contributed by atoms with Crippen molar-refractivity contribution < 1.29 is 4.79 Å². The standard InChI is InChI=1S/C23H23N5OS/c1-15-8-11-21(12-16(15)2)28-23(25-26-27-28)30-14-22(29)24-17(3)19-10-9-18-6-4-5-7-20(18)13-19/h4-13,17H,14H2,1-3H3,(H,24,29). The largest absolute Gasteiger partial charge is 0.349 e. The first-order chi connectivity index (χ1) is 14.5. The average Bonchev–Trinajstić information content (AvgIpc) is 3.22. The highest BCUT2D eigenvalue weighted by Gasteiger charge is 2.14. The van der Waals surface area contributed by atoms with Crippen LogP contribution in [0.5, 0.6) is 0 Å². The van der Waals surface area contributed by atoms with Crippen LogP contribution in [0.25, 0.3) is 16.5 Å². The van der Waals surface area contributed by atoms with Crippen LogP contribution in [-0.2, 0) is 4.79 Å². The summed E-state index contributed by atoms with van der Waals surface area (Å²) in [5.74, 6) is 0.179. The lowest BCUT2D eigenvalue weighted by molar-refractivity contribution is -0.119. The van der Waals surface area contributed by atoms with Gasteiger partial charge in [0, 0.05) is 0 Å². The molecule has 1 amide bonds. The topological polar surface area (TPSA) is 72.7 Å². The SMILES string of the molecule is Cc1ccc(-n2nnnc2SCC(=O)NC(C)c2ccc3ccccc3c2)cc1C. The van der Waals surface area contributed by atoms with Crippen LogP contribution in [0.1, 0.15) is 29.7 Å². The average molecular weight is 418 g/mol. The molecule has 0 aliphatic rings. The number of thioether (sulfide) groups is 1. The van der Waals surface area contributed by atoms with Gasteiger partial charge in [-0.15, -0.1) is 5.10 Å². The molecule has 1 atom stereocenters. The quantitative estimate of drug-likeness (QED) is 0.471. The fourth-order valence-electron chi connectivity index (χ4n) is 3.26. The molecule has 4 rings (SSSR count). The number of carbonyl (C=O) groups is 1. The Balaban J connectivity index is 1.40. The highest BCUT2D eigenvalue weighted by molar-refractivity contribution is 7.99. The van der Waals surface area contributed by atoms with Gasteiger partial charge in [-0.2, -0.15) is 4.68 Å². The Labute approximate surface area is 179 Å². The highest BCUT2D eigenvalue weighted by atomic mass is 32.2. The summed E-state index contributed by atoms with van der Waals surface area (Å²) in [6.45, 7) is 6.11. The Bertz CT molecular complexity index is 1200.